The summed E-state index contributed by atoms with van der Waals surface area (Å²) in [4.78, 5) is 29.9. The number of ketones is 1. The lowest BCUT2D eigenvalue weighted by atomic mass is 9.94. The van der Waals surface area contributed by atoms with Crippen LogP contribution in [-0.2, 0) is 9.59 Å². The highest BCUT2D eigenvalue weighted by atomic mass is 16.5. The van der Waals surface area contributed by atoms with Crippen LogP contribution in [0.3, 0.4) is 0 Å². The third-order valence-electron chi connectivity index (χ3n) is 5.72. The molecular weight excluding hydrogens is 436 g/mol. The van der Waals surface area contributed by atoms with Gasteiger partial charge in [0.1, 0.15) is 28.6 Å². The Hall–Kier alpha value is -3.52. The van der Waals surface area contributed by atoms with Crippen molar-refractivity contribution in [2.45, 2.75) is 19.4 Å². The molecule has 182 valence electrons. The van der Waals surface area contributed by atoms with Gasteiger partial charge in [-0.2, -0.15) is 0 Å². The molecule has 1 amide bonds. The summed E-state index contributed by atoms with van der Waals surface area (Å²) in [7, 11) is 6.84. The second-order valence-electron chi connectivity index (χ2n) is 8.19. The predicted molar refractivity (Wildman–Crippen MR) is 129 cm³/mol. The normalized spacial score (nSPS) is 17.4. The number of methoxy groups -OCH3 is 2. The van der Waals surface area contributed by atoms with E-state index >= 15 is 0 Å². The molecule has 3 rings (SSSR count). The zero-order chi connectivity index (χ0) is 24.8. The van der Waals surface area contributed by atoms with Crippen LogP contribution < -0.4 is 14.2 Å². The molecule has 0 saturated carbocycles. The minimum atomic E-state index is -0.757. The summed E-state index contributed by atoms with van der Waals surface area (Å²) in [5, 5.41) is 11.4. The fourth-order valence-corrected chi connectivity index (χ4v) is 4.15. The Bertz CT molecular complexity index is 1040. The third-order valence-corrected chi connectivity index (χ3v) is 5.72. The number of amides is 1. The molecule has 2 aromatic rings. The van der Waals surface area contributed by atoms with Gasteiger partial charge in [0.2, 0.25) is 0 Å². The Morgan fingerprint density at radius 2 is 1.65 bits per heavy atom. The molecule has 8 heteroatoms. The average Bonchev–Trinajstić information content (AvgIpc) is 3.08. The van der Waals surface area contributed by atoms with E-state index in [0.717, 1.165) is 6.54 Å². The summed E-state index contributed by atoms with van der Waals surface area (Å²) in [6.45, 7) is 3.53. The van der Waals surface area contributed by atoms with Crippen molar-refractivity contribution in [3.05, 3.63) is 59.2 Å². The van der Waals surface area contributed by atoms with Crippen LogP contribution in [0, 0.1) is 0 Å². The third kappa shape index (κ3) is 5.02. The topological polar surface area (TPSA) is 88.5 Å². The predicted octanol–water partition coefficient (Wildman–Crippen LogP) is 3.48. The Kier molecular flexibility index (Phi) is 8.17. The maximum absolute atomic E-state index is 13.3. The number of ether oxygens (including phenoxy) is 3. The smallest absolute Gasteiger partial charge is 0.295 e. The molecule has 2 aromatic carbocycles. The first-order chi connectivity index (χ1) is 16.3. The molecular formula is C26H32N2O6. The number of benzene rings is 2. The number of carbonyl (C=O) groups excluding carboxylic acids is 2. The fourth-order valence-electron chi connectivity index (χ4n) is 4.15. The Labute approximate surface area is 200 Å². The van der Waals surface area contributed by atoms with Gasteiger partial charge in [-0.3, -0.25) is 9.59 Å². The molecule has 1 aliphatic rings. The quantitative estimate of drug-likeness (QED) is 0.324. The number of rotatable bonds is 10. The molecule has 1 heterocycles. The van der Waals surface area contributed by atoms with Crippen LogP contribution in [0.5, 0.6) is 17.2 Å². The van der Waals surface area contributed by atoms with Crippen molar-refractivity contribution >= 4 is 17.4 Å². The van der Waals surface area contributed by atoms with Gasteiger partial charge in [0, 0.05) is 6.54 Å². The molecule has 1 N–H and O–H groups in total. The highest BCUT2D eigenvalue weighted by Gasteiger charge is 2.46. The van der Waals surface area contributed by atoms with Gasteiger partial charge in [0.25, 0.3) is 11.7 Å². The lowest BCUT2D eigenvalue weighted by molar-refractivity contribution is -0.139. The molecule has 8 nitrogen and oxygen atoms in total. The van der Waals surface area contributed by atoms with Crippen molar-refractivity contribution in [2.24, 2.45) is 0 Å². The van der Waals surface area contributed by atoms with E-state index in [0.29, 0.717) is 42.4 Å². The van der Waals surface area contributed by atoms with Crippen molar-refractivity contribution in [1.29, 1.82) is 0 Å². The van der Waals surface area contributed by atoms with E-state index in [-0.39, 0.29) is 16.9 Å². The van der Waals surface area contributed by atoms with Crippen molar-refractivity contribution in [1.82, 2.24) is 9.80 Å². The van der Waals surface area contributed by atoms with Crippen molar-refractivity contribution in [3.8, 4) is 17.2 Å². The van der Waals surface area contributed by atoms with E-state index in [1.165, 1.54) is 19.1 Å². The van der Waals surface area contributed by atoms with Crippen LogP contribution in [0.15, 0.2) is 48.0 Å². The van der Waals surface area contributed by atoms with Crippen LogP contribution in [-0.4, -0.2) is 74.6 Å². The number of Topliss-reactive ketones (excluding diaryl/α,β-unsaturated/α-hetero) is 1. The lowest BCUT2D eigenvalue weighted by Gasteiger charge is -2.26. The summed E-state index contributed by atoms with van der Waals surface area (Å²) < 4.78 is 16.4. The van der Waals surface area contributed by atoms with Crippen LogP contribution in [0.25, 0.3) is 5.76 Å². The minimum Gasteiger partial charge on any atom is -0.506 e. The van der Waals surface area contributed by atoms with Gasteiger partial charge in [-0.15, -0.1) is 0 Å². The summed E-state index contributed by atoms with van der Waals surface area (Å²) in [5.74, 6) is -0.367. The van der Waals surface area contributed by atoms with Gasteiger partial charge < -0.3 is 29.1 Å². The molecule has 1 saturated heterocycles. The number of aliphatic hydroxyl groups is 1. The molecule has 1 aliphatic heterocycles. The molecule has 1 atom stereocenters. The van der Waals surface area contributed by atoms with Crippen molar-refractivity contribution in [2.75, 3.05) is 48.0 Å². The number of hydrogen-bond donors (Lipinski definition) is 1. The fraction of sp³-hybridized carbons (Fsp3) is 0.385. The number of hydrogen-bond acceptors (Lipinski definition) is 7. The molecule has 0 aromatic heterocycles. The van der Waals surface area contributed by atoms with Gasteiger partial charge in [-0.25, -0.2) is 0 Å². The summed E-state index contributed by atoms with van der Waals surface area (Å²) >= 11 is 0. The van der Waals surface area contributed by atoms with Gasteiger partial charge in [0.05, 0.1) is 32.4 Å². The minimum absolute atomic E-state index is 0.00168. The molecule has 0 aliphatic carbocycles. The van der Waals surface area contributed by atoms with Crippen molar-refractivity contribution < 1.29 is 28.9 Å². The van der Waals surface area contributed by atoms with Gasteiger partial charge in [0.15, 0.2) is 0 Å². The summed E-state index contributed by atoms with van der Waals surface area (Å²) in [5.41, 5.74) is 0.930. The zero-order valence-corrected chi connectivity index (χ0v) is 20.3. The maximum atomic E-state index is 13.3. The van der Waals surface area contributed by atoms with E-state index in [1.54, 1.807) is 30.3 Å². The molecule has 0 bridgehead atoms. The van der Waals surface area contributed by atoms with E-state index in [2.05, 4.69) is 0 Å². The van der Waals surface area contributed by atoms with Gasteiger partial charge in [-0.1, -0.05) is 18.2 Å². The van der Waals surface area contributed by atoms with Crippen LogP contribution in [0.2, 0.25) is 0 Å². The summed E-state index contributed by atoms with van der Waals surface area (Å²) in [6, 6.07) is 11.5. The van der Waals surface area contributed by atoms with Crippen molar-refractivity contribution in [3.63, 3.8) is 0 Å². The Morgan fingerprint density at radius 3 is 2.18 bits per heavy atom. The van der Waals surface area contributed by atoms with Crippen LogP contribution >= 0.6 is 0 Å². The SMILES string of the molecule is CCOc1ccc(C2/C(=C(\O)c3c(OC)cccc3OC)C(=O)C(=O)N2CCCN(C)C)cc1. The first kappa shape index (κ1) is 25.1. The summed E-state index contributed by atoms with van der Waals surface area (Å²) in [6.07, 6.45) is 0.672. The van der Waals surface area contributed by atoms with E-state index < -0.39 is 17.7 Å². The number of nitrogens with zero attached hydrogens (tertiary/aromatic N) is 2. The highest BCUT2D eigenvalue weighted by Crippen LogP contribution is 2.43. The first-order valence-electron chi connectivity index (χ1n) is 11.2. The molecule has 34 heavy (non-hydrogen) atoms. The standard InChI is InChI=1S/C26H32N2O6/c1-6-34-18-13-11-17(12-14-18)23-22(25(30)26(31)28(23)16-8-15-27(2)3)24(29)21-19(32-4)9-7-10-20(21)33-5/h7,9-14,23,29H,6,8,15-16H2,1-5H3/b24-22+. The largest absolute Gasteiger partial charge is 0.506 e. The number of aliphatic hydroxyl groups excluding tert-OH is 1. The number of likely N-dealkylation sites (tertiary alicyclic amines) is 1. The van der Waals surface area contributed by atoms with Gasteiger partial charge in [-0.05, 0) is 63.8 Å². The van der Waals surface area contributed by atoms with E-state index in [4.69, 9.17) is 14.2 Å². The maximum Gasteiger partial charge on any atom is 0.295 e. The molecule has 1 unspecified atom stereocenters. The van der Waals surface area contributed by atoms with Crippen LogP contribution in [0.1, 0.15) is 30.5 Å². The van der Waals surface area contributed by atoms with E-state index in [9.17, 15) is 14.7 Å². The average molecular weight is 469 g/mol. The second kappa shape index (κ2) is 11.1. The van der Waals surface area contributed by atoms with Gasteiger partial charge >= 0.3 is 0 Å². The second-order valence-corrected chi connectivity index (χ2v) is 8.19. The van der Waals surface area contributed by atoms with Crippen LogP contribution in [0.4, 0.5) is 0 Å². The molecule has 0 radical (unpaired) electrons. The molecule has 1 fully saturated rings. The monoisotopic (exact) mass is 468 g/mol. The zero-order valence-electron chi connectivity index (χ0n) is 20.3. The Balaban J connectivity index is 2.17. The Morgan fingerprint density at radius 1 is 1.03 bits per heavy atom. The van der Waals surface area contributed by atoms with E-state index in [1.807, 2.05) is 38.1 Å². The highest BCUT2D eigenvalue weighted by molar-refractivity contribution is 6.46. The lowest BCUT2D eigenvalue weighted by Crippen LogP contribution is -2.32. The first-order valence-corrected chi connectivity index (χ1v) is 11.2. The number of carbonyl (C=O) groups is 2. The molecule has 0 spiro atoms.